The minimum absolute atomic E-state index is 0.113. The minimum atomic E-state index is -0.594. The molecule has 0 aliphatic heterocycles. The van der Waals surface area contributed by atoms with Gasteiger partial charge < -0.3 is 15.4 Å². The average molecular weight is 372 g/mol. The van der Waals surface area contributed by atoms with E-state index in [2.05, 4.69) is 15.7 Å². The summed E-state index contributed by atoms with van der Waals surface area (Å²) in [6.45, 7) is 9.38. The molecule has 0 aliphatic rings. The van der Waals surface area contributed by atoms with Gasteiger partial charge in [-0.2, -0.15) is 5.10 Å². The van der Waals surface area contributed by atoms with Crippen molar-refractivity contribution in [3.05, 3.63) is 48.3 Å². The third-order valence-corrected chi connectivity index (χ3v) is 3.62. The zero-order valence-electron chi connectivity index (χ0n) is 16.6. The number of nitrogens with one attached hydrogen (secondary N) is 2. The lowest BCUT2D eigenvalue weighted by atomic mass is 10.0. The van der Waals surface area contributed by atoms with Crippen LogP contribution in [0.3, 0.4) is 0 Å². The van der Waals surface area contributed by atoms with E-state index < -0.39 is 17.2 Å². The van der Waals surface area contributed by atoms with Crippen LogP contribution in [0.2, 0.25) is 0 Å². The average Bonchev–Trinajstić information content (AvgIpc) is 3.06. The molecule has 0 bridgehead atoms. The van der Waals surface area contributed by atoms with Crippen LogP contribution in [0.4, 0.5) is 4.79 Å². The predicted molar refractivity (Wildman–Crippen MR) is 104 cm³/mol. The largest absolute Gasteiger partial charge is 0.444 e. The van der Waals surface area contributed by atoms with E-state index in [9.17, 15) is 9.59 Å². The maximum Gasteiger partial charge on any atom is 0.407 e. The van der Waals surface area contributed by atoms with Gasteiger partial charge in [-0.3, -0.25) is 4.79 Å². The summed E-state index contributed by atoms with van der Waals surface area (Å²) in [5.74, 6) is -0.113. The van der Waals surface area contributed by atoms with Crippen molar-refractivity contribution in [2.45, 2.75) is 52.2 Å². The number of amides is 2. The molecule has 0 saturated carbocycles. The Morgan fingerprint density at radius 2 is 1.78 bits per heavy atom. The molecule has 0 fully saturated rings. The Labute approximate surface area is 160 Å². The molecule has 0 aliphatic carbocycles. The highest BCUT2D eigenvalue weighted by Crippen LogP contribution is 2.10. The fourth-order valence-corrected chi connectivity index (χ4v) is 2.45. The van der Waals surface area contributed by atoms with Crippen molar-refractivity contribution in [3.8, 4) is 5.69 Å². The monoisotopic (exact) mass is 372 g/mol. The van der Waals surface area contributed by atoms with E-state index in [1.54, 1.807) is 31.6 Å². The number of rotatable bonds is 6. The summed E-state index contributed by atoms with van der Waals surface area (Å²) in [7, 11) is 0. The highest BCUT2D eigenvalue weighted by atomic mass is 16.6. The Hall–Kier alpha value is -2.83. The molecule has 0 radical (unpaired) electrons. The molecule has 1 aromatic heterocycles. The van der Waals surface area contributed by atoms with E-state index in [0.717, 1.165) is 11.3 Å². The molecule has 2 N–H and O–H groups in total. The maximum absolute atomic E-state index is 12.3. The molecule has 146 valence electrons. The second kappa shape index (κ2) is 8.24. The third-order valence-electron chi connectivity index (χ3n) is 3.62. The predicted octanol–water partition coefficient (Wildman–Crippen LogP) is 2.83. The van der Waals surface area contributed by atoms with Gasteiger partial charge in [-0.25, -0.2) is 9.48 Å². The Balaban J connectivity index is 1.84. The molecule has 2 rings (SSSR count). The Kier molecular flexibility index (Phi) is 6.25. The van der Waals surface area contributed by atoms with Crippen molar-refractivity contribution in [1.82, 2.24) is 20.4 Å². The molecule has 0 unspecified atom stereocenters. The first-order chi connectivity index (χ1) is 12.5. The molecule has 0 atom stereocenters. The van der Waals surface area contributed by atoms with Crippen molar-refractivity contribution in [1.29, 1.82) is 0 Å². The fourth-order valence-electron chi connectivity index (χ4n) is 2.45. The van der Waals surface area contributed by atoms with Crippen LogP contribution in [0.25, 0.3) is 5.69 Å². The van der Waals surface area contributed by atoms with Crippen LogP contribution in [0.15, 0.2) is 42.7 Å². The molecule has 7 heteroatoms. The first-order valence-electron chi connectivity index (χ1n) is 8.91. The standard InChI is InChI=1S/C20H28N4O3/c1-19(2,3)27-18(26)21-14-20(4,5)23-17(25)13-15-7-9-16(10-8-15)24-12-6-11-22-24/h6-12H,13-14H2,1-5H3,(H,21,26)(H,23,25). The van der Waals surface area contributed by atoms with Crippen LogP contribution in [0.5, 0.6) is 0 Å². The number of alkyl carbamates (subject to hydrolysis) is 1. The molecule has 7 nitrogen and oxygen atoms in total. The van der Waals surface area contributed by atoms with Crippen molar-refractivity contribution in [2.24, 2.45) is 0 Å². The number of ether oxygens (including phenoxy) is 1. The summed E-state index contributed by atoms with van der Waals surface area (Å²) in [6.07, 6.45) is 3.34. The van der Waals surface area contributed by atoms with Gasteiger partial charge in [-0.15, -0.1) is 0 Å². The van der Waals surface area contributed by atoms with Gasteiger partial charge >= 0.3 is 6.09 Å². The summed E-state index contributed by atoms with van der Waals surface area (Å²) in [5, 5.41) is 9.80. The Morgan fingerprint density at radius 1 is 1.11 bits per heavy atom. The van der Waals surface area contributed by atoms with E-state index in [4.69, 9.17) is 4.74 Å². The molecular formula is C20H28N4O3. The lowest BCUT2D eigenvalue weighted by Gasteiger charge is -2.28. The molecule has 2 amide bonds. The van der Waals surface area contributed by atoms with Crippen molar-refractivity contribution in [2.75, 3.05) is 6.54 Å². The minimum Gasteiger partial charge on any atom is -0.444 e. The van der Waals surface area contributed by atoms with Gasteiger partial charge in [0.2, 0.25) is 5.91 Å². The van der Waals surface area contributed by atoms with Gasteiger partial charge in [0.25, 0.3) is 0 Å². The van der Waals surface area contributed by atoms with Crippen molar-refractivity contribution < 1.29 is 14.3 Å². The zero-order chi connectivity index (χ0) is 20.1. The van der Waals surface area contributed by atoms with Crippen LogP contribution in [0, 0.1) is 0 Å². The molecule has 2 aromatic rings. The van der Waals surface area contributed by atoms with Gasteiger partial charge in [-0.05, 0) is 58.4 Å². The summed E-state index contributed by atoms with van der Waals surface area (Å²) >= 11 is 0. The highest BCUT2D eigenvalue weighted by Gasteiger charge is 2.23. The normalized spacial score (nSPS) is 11.7. The van der Waals surface area contributed by atoms with Crippen LogP contribution >= 0.6 is 0 Å². The van der Waals surface area contributed by atoms with Crippen LogP contribution < -0.4 is 10.6 Å². The van der Waals surface area contributed by atoms with Crippen molar-refractivity contribution >= 4 is 12.0 Å². The van der Waals surface area contributed by atoms with Crippen molar-refractivity contribution in [3.63, 3.8) is 0 Å². The maximum atomic E-state index is 12.3. The van der Waals surface area contributed by atoms with E-state index in [1.165, 1.54) is 0 Å². The molecule has 27 heavy (non-hydrogen) atoms. The number of carbonyl (C=O) groups is 2. The SMILES string of the molecule is CC(C)(CNC(=O)OC(C)(C)C)NC(=O)Cc1ccc(-n2cccn2)cc1. The fraction of sp³-hybridized carbons (Fsp3) is 0.450. The van der Waals surface area contributed by atoms with E-state index in [-0.39, 0.29) is 18.9 Å². The smallest absolute Gasteiger partial charge is 0.407 e. The van der Waals surface area contributed by atoms with Gasteiger partial charge in [0.15, 0.2) is 0 Å². The van der Waals surface area contributed by atoms with Gasteiger partial charge in [-0.1, -0.05) is 12.1 Å². The van der Waals surface area contributed by atoms with Crippen LogP contribution in [-0.4, -0.2) is 39.5 Å². The number of aromatic nitrogens is 2. The molecule has 0 saturated heterocycles. The Bertz CT molecular complexity index is 760. The van der Waals surface area contributed by atoms with Crippen LogP contribution in [-0.2, 0) is 16.0 Å². The summed E-state index contributed by atoms with van der Waals surface area (Å²) in [6, 6.07) is 9.51. The molecule has 1 heterocycles. The number of benzene rings is 1. The first kappa shape index (κ1) is 20.5. The molecule has 1 aromatic carbocycles. The summed E-state index contributed by atoms with van der Waals surface area (Å²) in [4.78, 5) is 24.1. The number of hydrogen-bond donors (Lipinski definition) is 2. The third kappa shape index (κ3) is 7.13. The van der Waals surface area contributed by atoms with Gasteiger partial charge in [0.1, 0.15) is 5.60 Å². The van der Waals surface area contributed by atoms with E-state index in [1.807, 2.05) is 50.4 Å². The molecular weight excluding hydrogens is 344 g/mol. The second-order valence-corrected chi connectivity index (χ2v) is 8.08. The highest BCUT2D eigenvalue weighted by molar-refractivity contribution is 5.79. The lowest BCUT2D eigenvalue weighted by molar-refractivity contribution is -0.122. The molecule has 0 spiro atoms. The zero-order valence-corrected chi connectivity index (χ0v) is 16.6. The van der Waals surface area contributed by atoms with E-state index >= 15 is 0 Å². The quantitative estimate of drug-likeness (QED) is 0.816. The summed E-state index contributed by atoms with van der Waals surface area (Å²) < 4.78 is 6.96. The van der Waals surface area contributed by atoms with Gasteiger partial charge in [0.05, 0.1) is 17.6 Å². The number of nitrogens with zero attached hydrogens (tertiary/aromatic N) is 2. The summed E-state index contributed by atoms with van der Waals surface area (Å²) in [5.41, 5.74) is 0.688. The second-order valence-electron chi connectivity index (χ2n) is 8.08. The number of carbonyl (C=O) groups excluding carboxylic acids is 2. The first-order valence-corrected chi connectivity index (χ1v) is 8.91. The van der Waals surface area contributed by atoms with E-state index in [0.29, 0.717) is 0 Å². The topological polar surface area (TPSA) is 85.3 Å². The van der Waals surface area contributed by atoms with Gasteiger partial charge in [0, 0.05) is 18.9 Å². The van der Waals surface area contributed by atoms with Crippen LogP contribution in [0.1, 0.15) is 40.2 Å². The lowest BCUT2D eigenvalue weighted by Crippen LogP contribution is -2.52. The number of hydrogen-bond acceptors (Lipinski definition) is 4. The Morgan fingerprint density at radius 3 is 2.33 bits per heavy atom.